The molecule has 0 fully saturated rings. The Morgan fingerprint density at radius 3 is 1.00 bits per heavy atom. The number of amides is 4. The molecule has 112 valence electrons. The summed E-state index contributed by atoms with van der Waals surface area (Å²) < 4.78 is 0. The van der Waals surface area contributed by atoms with Gasteiger partial charge in [-0.15, -0.1) is 0 Å². The standard InChI is InChI=1S/C16H16N4O2/c1-17-9-5-6-11-14-12(20(4)16(22)19(11)3)8-7-10(13(9)14)18(2)15(17)21/h5-8H,1-4H3. The van der Waals surface area contributed by atoms with E-state index in [1.54, 1.807) is 47.8 Å². The number of benzene rings is 2. The van der Waals surface area contributed by atoms with E-state index in [0.717, 1.165) is 33.5 Å². The van der Waals surface area contributed by atoms with Gasteiger partial charge in [-0.1, -0.05) is 0 Å². The molecule has 2 heterocycles. The van der Waals surface area contributed by atoms with Gasteiger partial charge in [-0.25, -0.2) is 9.59 Å². The second-order valence-electron chi connectivity index (χ2n) is 5.76. The second-order valence-corrected chi connectivity index (χ2v) is 5.76. The quantitative estimate of drug-likeness (QED) is 0.750. The molecule has 0 saturated carbocycles. The Morgan fingerprint density at radius 2 is 0.773 bits per heavy atom. The molecule has 0 radical (unpaired) electrons. The molecular formula is C16H16N4O2. The maximum absolute atomic E-state index is 12.3. The number of anilines is 4. The average Bonchev–Trinajstić information content (AvgIpc) is 2.53. The number of nitrogens with zero attached hydrogens (tertiary/aromatic N) is 4. The average molecular weight is 296 g/mol. The van der Waals surface area contributed by atoms with E-state index in [9.17, 15) is 9.59 Å². The zero-order chi connectivity index (χ0) is 15.8. The summed E-state index contributed by atoms with van der Waals surface area (Å²) in [5, 5.41) is 2.01. The first-order chi connectivity index (χ1) is 10.4. The molecule has 0 bridgehead atoms. The minimum Gasteiger partial charge on any atom is -0.296 e. The van der Waals surface area contributed by atoms with Gasteiger partial charge in [-0.2, -0.15) is 0 Å². The van der Waals surface area contributed by atoms with Gasteiger partial charge in [0.1, 0.15) is 0 Å². The molecule has 6 nitrogen and oxygen atoms in total. The molecule has 0 aromatic heterocycles. The summed E-state index contributed by atoms with van der Waals surface area (Å²) in [6.07, 6.45) is 0. The van der Waals surface area contributed by atoms with Crippen LogP contribution in [0.15, 0.2) is 24.3 Å². The van der Waals surface area contributed by atoms with Crippen molar-refractivity contribution < 1.29 is 9.59 Å². The number of carbonyl (C=O) groups excluding carboxylic acids is 2. The van der Waals surface area contributed by atoms with E-state index in [1.165, 1.54) is 0 Å². The first-order valence-electron chi connectivity index (χ1n) is 7.06. The van der Waals surface area contributed by atoms with Crippen LogP contribution < -0.4 is 19.6 Å². The normalized spacial score (nSPS) is 16.9. The van der Waals surface area contributed by atoms with Gasteiger partial charge in [0.05, 0.1) is 22.7 Å². The lowest BCUT2D eigenvalue weighted by atomic mass is 9.98. The molecule has 6 heteroatoms. The number of urea groups is 2. The fourth-order valence-corrected chi connectivity index (χ4v) is 3.40. The van der Waals surface area contributed by atoms with Crippen molar-refractivity contribution in [1.29, 1.82) is 0 Å². The van der Waals surface area contributed by atoms with Gasteiger partial charge in [0.25, 0.3) is 0 Å². The van der Waals surface area contributed by atoms with E-state index >= 15 is 0 Å². The minimum absolute atomic E-state index is 0.0656. The lowest BCUT2D eigenvalue weighted by molar-refractivity contribution is 0.252. The van der Waals surface area contributed by atoms with Crippen molar-refractivity contribution in [3.8, 4) is 0 Å². The van der Waals surface area contributed by atoms with E-state index in [4.69, 9.17) is 0 Å². The third-order valence-electron chi connectivity index (χ3n) is 4.67. The molecule has 22 heavy (non-hydrogen) atoms. The van der Waals surface area contributed by atoms with Gasteiger partial charge in [0.2, 0.25) is 0 Å². The van der Waals surface area contributed by atoms with Crippen LogP contribution in [-0.2, 0) is 0 Å². The Balaban J connectivity index is 2.19. The van der Waals surface area contributed by atoms with Crippen LogP contribution >= 0.6 is 0 Å². The summed E-state index contributed by atoms with van der Waals surface area (Å²) in [6.45, 7) is 0. The SMILES string of the molecule is CN1C(=O)N(C)c2ccc3c4c(ccc1c24)N(C)C(=O)N3C. The van der Waals surface area contributed by atoms with Crippen molar-refractivity contribution in [1.82, 2.24) is 0 Å². The Kier molecular flexibility index (Phi) is 2.30. The van der Waals surface area contributed by atoms with Crippen molar-refractivity contribution in [2.24, 2.45) is 0 Å². The van der Waals surface area contributed by atoms with Crippen molar-refractivity contribution in [2.45, 2.75) is 0 Å². The highest BCUT2D eigenvalue weighted by Gasteiger charge is 2.34. The first-order valence-corrected chi connectivity index (χ1v) is 7.06. The molecule has 0 N–H and O–H groups in total. The molecule has 0 spiro atoms. The van der Waals surface area contributed by atoms with Gasteiger partial charge < -0.3 is 0 Å². The molecule has 0 saturated heterocycles. The molecule has 4 amide bonds. The first kappa shape index (κ1) is 12.9. The highest BCUT2D eigenvalue weighted by atomic mass is 16.2. The zero-order valence-electron chi connectivity index (χ0n) is 12.9. The minimum atomic E-state index is -0.0656. The summed E-state index contributed by atoms with van der Waals surface area (Å²) in [5.41, 5.74) is 3.48. The van der Waals surface area contributed by atoms with E-state index in [1.807, 2.05) is 24.3 Å². The molecule has 2 aliphatic rings. The Morgan fingerprint density at radius 1 is 0.545 bits per heavy atom. The fourth-order valence-electron chi connectivity index (χ4n) is 3.40. The summed E-state index contributed by atoms with van der Waals surface area (Å²) >= 11 is 0. The highest BCUT2D eigenvalue weighted by Crippen LogP contribution is 2.48. The number of carbonyl (C=O) groups is 2. The Hall–Kier alpha value is -2.76. The Bertz CT molecular complexity index is 728. The molecule has 2 aromatic carbocycles. The molecule has 2 aromatic rings. The van der Waals surface area contributed by atoms with Crippen LogP contribution in [-0.4, -0.2) is 40.3 Å². The van der Waals surface area contributed by atoms with Crippen LogP contribution in [0.5, 0.6) is 0 Å². The van der Waals surface area contributed by atoms with Crippen molar-refractivity contribution in [3.05, 3.63) is 24.3 Å². The third kappa shape index (κ3) is 1.30. The van der Waals surface area contributed by atoms with E-state index in [2.05, 4.69) is 0 Å². The predicted octanol–water partition coefficient (Wildman–Crippen LogP) is 2.85. The number of rotatable bonds is 0. The lowest BCUT2D eigenvalue weighted by Crippen LogP contribution is -2.44. The smallest absolute Gasteiger partial charge is 0.296 e. The van der Waals surface area contributed by atoms with Crippen LogP contribution in [0, 0.1) is 0 Å². The van der Waals surface area contributed by atoms with Crippen molar-refractivity contribution >= 4 is 45.6 Å². The maximum atomic E-state index is 12.3. The summed E-state index contributed by atoms with van der Waals surface area (Å²) in [7, 11) is 7.08. The number of hydrogen-bond donors (Lipinski definition) is 0. The largest absolute Gasteiger partial charge is 0.328 e. The molecule has 0 atom stereocenters. The highest BCUT2D eigenvalue weighted by molar-refractivity contribution is 6.28. The topological polar surface area (TPSA) is 47.1 Å². The summed E-state index contributed by atoms with van der Waals surface area (Å²) in [6, 6.07) is 7.50. The molecule has 0 aliphatic carbocycles. The third-order valence-corrected chi connectivity index (χ3v) is 4.67. The molecule has 0 unspecified atom stereocenters. The van der Waals surface area contributed by atoms with Crippen molar-refractivity contribution in [3.63, 3.8) is 0 Å². The maximum Gasteiger partial charge on any atom is 0.328 e. The number of hydrogen-bond acceptors (Lipinski definition) is 2. The lowest BCUT2D eigenvalue weighted by Gasteiger charge is -2.38. The van der Waals surface area contributed by atoms with Crippen LogP contribution in [0.2, 0.25) is 0 Å². The second kappa shape index (κ2) is 3.91. The summed E-state index contributed by atoms with van der Waals surface area (Å²) in [5.74, 6) is 0. The molecular weight excluding hydrogens is 280 g/mol. The van der Waals surface area contributed by atoms with E-state index in [0.29, 0.717) is 0 Å². The van der Waals surface area contributed by atoms with Gasteiger partial charge in [0.15, 0.2) is 0 Å². The van der Waals surface area contributed by atoms with Gasteiger partial charge in [0, 0.05) is 39.0 Å². The van der Waals surface area contributed by atoms with Crippen LogP contribution in [0.4, 0.5) is 32.3 Å². The van der Waals surface area contributed by atoms with Gasteiger partial charge >= 0.3 is 12.1 Å². The van der Waals surface area contributed by atoms with E-state index < -0.39 is 0 Å². The van der Waals surface area contributed by atoms with Crippen LogP contribution in [0.25, 0.3) is 10.8 Å². The van der Waals surface area contributed by atoms with E-state index in [-0.39, 0.29) is 12.1 Å². The zero-order valence-corrected chi connectivity index (χ0v) is 12.9. The summed E-state index contributed by atoms with van der Waals surface area (Å²) in [4.78, 5) is 31.3. The predicted molar refractivity (Wildman–Crippen MR) is 88.4 cm³/mol. The monoisotopic (exact) mass is 296 g/mol. The van der Waals surface area contributed by atoms with Crippen molar-refractivity contribution in [2.75, 3.05) is 47.8 Å². The van der Waals surface area contributed by atoms with Gasteiger partial charge in [-0.05, 0) is 24.3 Å². The van der Waals surface area contributed by atoms with Crippen LogP contribution in [0.1, 0.15) is 0 Å². The van der Waals surface area contributed by atoms with Gasteiger partial charge in [-0.3, -0.25) is 19.6 Å². The Labute approximate surface area is 128 Å². The van der Waals surface area contributed by atoms with Crippen LogP contribution in [0.3, 0.4) is 0 Å². The fraction of sp³-hybridized carbons (Fsp3) is 0.250. The molecule has 2 aliphatic heterocycles. The molecule has 4 rings (SSSR count).